The fourth-order valence-corrected chi connectivity index (χ4v) is 4.08. The molecule has 0 aromatic heterocycles. The second-order valence-electron chi connectivity index (χ2n) is 6.47. The molecule has 5 unspecified atom stereocenters. The topological polar surface area (TPSA) is 23.1 Å². The summed E-state index contributed by atoms with van der Waals surface area (Å²) in [6, 6.07) is 22.6. The first kappa shape index (κ1) is 15.1. The van der Waals surface area contributed by atoms with Crippen molar-refractivity contribution < 1.29 is 4.57 Å². The highest BCUT2D eigenvalue weighted by molar-refractivity contribution is 7.23. The molecule has 5 atom stereocenters. The van der Waals surface area contributed by atoms with Crippen molar-refractivity contribution >= 4 is 8.46 Å². The summed E-state index contributed by atoms with van der Waals surface area (Å²) in [7, 11) is -0.647. The van der Waals surface area contributed by atoms with E-state index in [9.17, 15) is 4.57 Å². The molecular formula is C19H23N2OP. The van der Waals surface area contributed by atoms with Crippen molar-refractivity contribution in [3.8, 4) is 0 Å². The number of hydrogen-bond acceptors (Lipinski definition) is 3. The summed E-state index contributed by atoms with van der Waals surface area (Å²) in [5.74, 6) is 0. The zero-order valence-corrected chi connectivity index (χ0v) is 14.4. The van der Waals surface area contributed by atoms with Crippen molar-refractivity contribution in [3.63, 3.8) is 0 Å². The molecule has 2 aromatic rings. The molecule has 0 N–H and O–H groups in total. The molecule has 0 bridgehead atoms. The Morgan fingerprint density at radius 2 is 1.35 bits per heavy atom. The van der Waals surface area contributed by atoms with E-state index >= 15 is 0 Å². The van der Waals surface area contributed by atoms with Gasteiger partial charge in [0.15, 0.2) is 0 Å². The van der Waals surface area contributed by atoms with Gasteiger partial charge in [0.25, 0.3) is 0 Å². The molecule has 2 aromatic carbocycles. The maximum Gasteiger partial charge on any atom is 0.0646 e. The standard InChI is InChI=1S/C19H23N2OP/c22-23-12-11-19(20-13-17(20)15-7-3-1-4-8-15)21-14-18(21)16-9-5-2-6-10-16/h1-10,17-19H,11-14,23H2. The highest BCUT2D eigenvalue weighted by Crippen LogP contribution is 2.46. The van der Waals surface area contributed by atoms with Crippen LogP contribution in [0.25, 0.3) is 0 Å². The molecular weight excluding hydrogens is 303 g/mol. The van der Waals surface area contributed by atoms with E-state index in [-0.39, 0.29) is 0 Å². The normalized spacial score (nSPS) is 30.4. The minimum absolute atomic E-state index is 0.437. The third-order valence-electron chi connectivity index (χ3n) is 4.98. The van der Waals surface area contributed by atoms with E-state index in [1.165, 1.54) is 11.1 Å². The average molecular weight is 326 g/mol. The minimum atomic E-state index is -0.647. The van der Waals surface area contributed by atoms with Gasteiger partial charge in [0, 0.05) is 25.2 Å². The number of rotatable bonds is 7. The van der Waals surface area contributed by atoms with Crippen molar-refractivity contribution in [2.24, 2.45) is 0 Å². The smallest absolute Gasteiger partial charge is 0.0646 e. The quantitative estimate of drug-likeness (QED) is 0.574. The summed E-state index contributed by atoms with van der Waals surface area (Å²) >= 11 is 0. The lowest BCUT2D eigenvalue weighted by atomic mass is 10.1. The fraction of sp³-hybridized carbons (Fsp3) is 0.368. The monoisotopic (exact) mass is 326 g/mol. The van der Waals surface area contributed by atoms with Crippen LogP contribution in [0.3, 0.4) is 0 Å². The number of hydrogen-bond donors (Lipinski definition) is 0. The largest absolute Gasteiger partial charge is 0.330 e. The second kappa shape index (κ2) is 6.60. The molecule has 2 aliphatic heterocycles. The molecule has 0 radical (unpaired) electrons. The van der Waals surface area contributed by atoms with E-state index in [1.54, 1.807) is 0 Å². The second-order valence-corrected chi connectivity index (χ2v) is 7.38. The van der Waals surface area contributed by atoms with Crippen molar-refractivity contribution in [2.45, 2.75) is 24.7 Å². The first-order chi connectivity index (χ1) is 11.4. The average Bonchev–Trinajstić information content (AvgIpc) is 3.52. The van der Waals surface area contributed by atoms with Gasteiger partial charge in [0.2, 0.25) is 0 Å². The molecule has 0 spiro atoms. The van der Waals surface area contributed by atoms with E-state index in [0.29, 0.717) is 18.2 Å². The molecule has 2 fully saturated rings. The summed E-state index contributed by atoms with van der Waals surface area (Å²) in [6.45, 7) is 2.25. The Hall–Kier alpha value is -1.41. The van der Waals surface area contributed by atoms with E-state index < -0.39 is 8.46 Å². The van der Waals surface area contributed by atoms with Gasteiger partial charge in [-0.05, 0) is 23.7 Å². The zero-order chi connectivity index (χ0) is 15.6. The molecule has 0 aliphatic carbocycles. The Morgan fingerprint density at radius 1 is 0.870 bits per heavy atom. The first-order valence-electron chi connectivity index (χ1n) is 8.43. The van der Waals surface area contributed by atoms with E-state index in [1.807, 2.05) is 0 Å². The predicted octanol–water partition coefficient (Wildman–Crippen LogP) is 3.57. The van der Waals surface area contributed by atoms with Crippen LogP contribution in [0.4, 0.5) is 0 Å². The van der Waals surface area contributed by atoms with Gasteiger partial charge in [-0.1, -0.05) is 60.7 Å². The van der Waals surface area contributed by atoms with E-state index in [2.05, 4.69) is 70.5 Å². The molecule has 0 saturated carbocycles. The molecule has 23 heavy (non-hydrogen) atoms. The van der Waals surface area contributed by atoms with Gasteiger partial charge >= 0.3 is 0 Å². The van der Waals surface area contributed by atoms with Crippen LogP contribution in [-0.4, -0.2) is 35.2 Å². The Bertz CT molecular complexity index is 610. The predicted molar refractivity (Wildman–Crippen MR) is 95.4 cm³/mol. The Kier molecular flexibility index (Phi) is 4.35. The van der Waals surface area contributed by atoms with Crippen LogP contribution in [0.1, 0.15) is 29.6 Å². The van der Waals surface area contributed by atoms with Crippen LogP contribution in [0.5, 0.6) is 0 Å². The molecule has 4 rings (SSSR count). The van der Waals surface area contributed by atoms with Crippen molar-refractivity contribution in [3.05, 3.63) is 71.8 Å². The third kappa shape index (κ3) is 3.28. The van der Waals surface area contributed by atoms with Crippen LogP contribution in [-0.2, 0) is 4.57 Å². The lowest BCUT2D eigenvalue weighted by Crippen LogP contribution is -2.29. The minimum Gasteiger partial charge on any atom is -0.330 e. The summed E-state index contributed by atoms with van der Waals surface area (Å²) in [5, 5.41) is 0. The zero-order valence-electron chi connectivity index (χ0n) is 13.2. The Balaban J connectivity index is 1.46. The van der Waals surface area contributed by atoms with Crippen LogP contribution in [0.15, 0.2) is 60.7 Å². The highest BCUT2D eigenvalue weighted by atomic mass is 31.1. The van der Waals surface area contributed by atoms with Crippen LogP contribution < -0.4 is 0 Å². The molecule has 120 valence electrons. The van der Waals surface area contributed by atoms with Gasteiger partial charge in [-0.3, -0.25) is 9.80 Å². The number of benzene rings is 2. The highest BCUT2D eigenvalue weighted by Gasteiger charge is 2.49. The van der Waals surface area contributed by atoms with E-state index in [4.69, 9.17) is 0 Å². The van der Waals surface area contributed by atoms with Gasteiger partial charge in [0.1, 0.15) is 0 Å². The maximum atomic E-state index is 11.1. The van der Waals surface area contributed by atoms with Crippen molar-refractivity contribution in [1.29, 1.82) is 0 Å². The van der Waals surface area contributed by atoms with Crippen molar-refractivity contribution in [2.75, 3.05) is 19.3 Å². The van der Waals surface area contributed by atoms with Crippen LogP contribution in [0.2, 0.25) is 0 Å². The summed E-state index contributed by atoms with van der Waals surface area (Å²) in [4.78, 5) is 5.13. The molecule has 0 amide bonds. The maximum absolute atomic E-state index is 11.1. The Labute approximate surface area is 139 Å². The molecule has 2 heterocycles. The Morgan fingerprint density at radius 3 is 1.78 bits per heavy atom. The van der Waals surface area contributed by atoms with Gasteiger partial charge in [0.05, 0.1) is 14.6 Å². The third-order valence-corrected chi connectivity index (χ3v) is 5.55. The van der Waals surface area contributed by atoms with Gasteiger partial charge in [-0.2, -0.15) is 0 Å². The molecule has 2 aliphatic rings. The van der Waals surface area contributed by atoms with Gasteiger partial charge < -0.3 is 4.57 Å². The van der Waals surface area contributed by atoms with Gasteiger partial charge in [-0.15, -0.1) is 0 Å². The number of nitrogens with zero attached hydrogens (tertiary/aromatic N) is 2. The van der Waals surface area contributed by atoms with Crippen LogP contribution in [0, 0.1) is 0 Å². The summed E-state index contributed by atoms with van der Waals surface area (Å²) < 4.78 is 11.1. The summed E-state index contributed by atoms with van der Waals surface area (Å²) in [6.07, 6.45) is 2.30. The molecule has 3 nitrogen and oxygen atoms in total. The van der Waals surface area contributed by atoms with Crippen LogP contribution >= 0.6 is 8.46 Å². The fourth-order valence-electron chi connectivity index (χ4n) is 3.65. The molecule has 4 heteroatoms. The first-order valence-corrected chi connectivity index (χ1v) is 9.72. The SMILES string of the molecule is O=[PH2]CCC(N1CC1c1ccccc1)N1CC1c1ccccc1. The molecule has 2 saturated heterocycles. The lowest BCUT2D eigenvalue weighted by molar-refractivity contribution is 0.212. The van der Waals surface area contributed by atoms with Gasteiger partial charge in [-0.25, -0.2) is 0 Å². The van der Waals surface area contributed by atoms with E-state index in [0.717, 1.165) is 25.7 Å². The van der Waals surface area contributed by atoms with Crippen molar-refractivity contribution in [1.82, 2.24) is 9.80 Å². The lowest BCUT2D eigenvalue weighted by Gasteiger charge is -2.21. The summed E-state index contributed by atoms with van der Waals surface area (Å²) in [5.41, 5.74) is 2.81.